The Kier molecular flexibility index (Phi) is 3.93. The van der Waals surface area contributed by atoms with Crippen molar-refractivity contribution >= 4 is 17.3 Å². The largest absolute Gasteiger partial charge is 0.497 e. The highest BCUT2D eigenvalue weighted by Gasteiger charge is 2.42. The van der Waals surface area contributed by atoms with Gasteiger partial charge in [-0.3, -0.25) is 0 Å². The minimum atomic E-state index is -0.953. The molecule has 1 heterocycles. The average molecular weight is 294 g/mol. The molecule has 4 nitrogen and oxygen atoms in total. The van der Waals surface area contributed by atoms with Crippen LogP contribution in [-0.2, 0) is 6.54 Å². The molecular weight excluding hydrogens is 272 g/mol. The molecule has 2 rings (SSSR count). The Bertz CT molecular complexity index is 497. The maximum atomic E-state index is 10.7. The van der Waals surface area contributed by atoms with Gasteiger partial charge in [-0.25, -0.2) is 0 Å². The van der Waals surface area contributed by atoms with Gasteiger partial charge in [-0.05, 0) is 50.7 Å². The van der Waals surface area contributed by atoms with Crippen LogP contribution in [0.1, 0.15) is 32.8 Å². The second-order valence-corrected chi connectivity index (χ2v) is 6.53. The first-order valence-electron chi connectivity index (χ1n) is 6.69. The van der Waals surface area contributed by atoms with Gasteiger partial charge < -0.3 is 20.1 Å². The fourth-order valence-corrected chi connectivity index (χ4v) is 3.25. The third kappa shape index (κ3) is 3.22. The van der Waals surface area contributed by atoms with Crippen LogP contribution in [0.4, 0.5) is 0 Å². The monoisotopic (exact) mass is 294 g/mol. The molecule has 1 fully saturated rings. The van der Waals surface area contributed by atoms with Crippen molar-refractivity contribution in [2.45, 2.75) is 45.0 Å². The molecule has 2 N–H and O–H groups in total. The third-order valence-corrected chi connectivity index (χ3v) is 3.87. The first kappa shape index (κ1) is 15.1. The van der Waals surface area contributed by atoms with E-state index >= 15 is 0 Å². The molecule has 1 aliphatic heterocycles. The van der Waals surface area contributed by atoms with Gasteiger partial charge in [0.2, 0.25) is 0 Å². The fourth-order valence-electron chi connectivity index (χ4n) is 2.71. The standard InChI is InChI=1S/C15H22N2O2S/c1-14(2)10-15(3,18)17(13(20)16-14)9-11-5-7-12(19-4)8-6-11/h5-8,18H,9-10H2,1-4H3,(H,16,20)/t15-/m0/s1. The molecule has 0 amide bonds. The van der Waals surface area contributed by atoms with E-state index in [1.807, 2.05) is 49.9 Å². The number of methoxy groups -OCH3 is 1. The normalized spacial score (nSPS) is 25.2. The molecule has 0 bridgehead atoms. The minimum Gasteiger partial charge on any atom is -0.497 e. The molecule has 0 saturated carbocycles. The Balaban J connectivity index is 2.16. The Hall–Kier alpha value is -1.33. The number of benzene rings is 1. The van der Waals surface area contributed by atoms with E-state index in [1.165, 1.54) is 0 Å². The quantitative estimate of drug-likeness (QED) is 0.837. The summed E-state index contributed by atoms with van der Waals surface area (Å²) in [4.78, 5) is 1.83. The molecule has 0 spiro atoms. The van der Waals surface area contributed by atoms with Crippen LogP contribution in [0.5, 0.6) is 5.75 Å². The van der Waals surface area contributed by atoms with Gasteiger partial charge in [-0.2, -0.15) is 0 Å². The van der Waals surface area contributed by atoms with Gasteiger partial charge in [-0.1, -0.05) is 12.1 Å². The second kappa shape index (κ2) is 5.22. The summed E-state index contributed by atoms with van der Waals surface area (Å²) in [6.45, 7) is 6.46. The van der Waals surface area contributed by atoms with Crippen LogP contribution in [0.3, 0.4) is 0 Å². The molecule has 0 aromatic heterocycles. The van der Waals surface area contributed by atoms with Crippen LogP contribution in [0.2, 0.25) is 0 Å². The topological polar surface area (TPSA) is 44.7 Å². The van der Waals surface area contributed by atoms with Gasteiger partial charge in [0.25, 0.3) is 0 Å². The zero-order valence-electron chi connectivity index (χ0n) is 12.4. The van der Waals surface area contributed by atoms with Gasteiger partial charge >= 0.3 is 0 Å². The molecule has 1 aliphatic rings. The molecule has 110 valence electrons. The number of ether oxygens (including phenoxy) is 1. The van der Waals surface area contributed by atoms with E-state index in [-0.39, 0.29) is 5.54 Å². The van der Waals surface area contributed by atoms with Gasteiger partial charge in [0.15, 0.2) is 5.11 Å². The number of nitrogens with one attached hydrogen (secondary N) is 1. The van der Waals surface area contributed by atoms with E-state index in [0.29, 0.717) is 18.1 Å². The summed E-state index contributed by atoms with van der Waals surface area (Å²) in [5.41, 5.74) is -0.0714. The molecule has 1 aromatic carbocycles. The molecule has 1 aromatic rings. The number of hydrogen-bond acceptors (Lipinski definition) is 3. The lowest BCUT2D eigenvalue weighted by Gasteiger charge is -2.49. The van der Waals surface area contributed by atoms with Crippen molar-refractivity contribution in [2.24, 2.45) is 0 Å². The second-order valence-electron chi connectivity index (χ2n) is 6.14. The van der Waals surface area contributed by atoms with Crippen LogP contribution in [0, 0.1) is 0 Å². The summed E-state index contributed by atoms with van der Waals surface area (Å²) in [6, 6.07) is 7.79. The number of nitrogens with zero attached hydrogens (tertiary/aromatic N) is 1. The Labute approximate surface area is 125 Å². The molecular formula is C15H22N2O2S. The van der Waals surface area contributed by atoms with Crippen LogP contribution in [-0.4, -0.2) is 33.5 Å². The molecule has 5 heteroatoms. The van der Waals surface area contributed by atoms with Crippen molar-refractivity contribution in [3.63, 3.8) is 0 Å². The van der Waals surface area contributed by atoms with Crippen LogP contribution >= 0.6 is 12.2 Å². The molecule has 0 unspecified atom stereocenters. The van der Waals surface area contributed by atoms with E-state index in [2.05, 4.69) is 5.32 Å². The van der Waals surface area contributed by atoms with Crippen molar-refractivity contribution in [3.05, 3.63) is 29.8 Å². The fraction of sp³-hybridized carbons (Fsp3) is 0.533. The highest BCUT2D eigenvalue weighted by Crippen LogP contribution is 2.30. The van der Waals surface area contributed by atoms with Crippen molar-refractivity contribution in [3.8, 4) is 5.75 Å². The highest BCUT2D eigenvalue weighted by molar-refractivity contribution is 7.80. The SMILES string of the molecule is COc1ccc(CN2C(=S)NC(C)(C)C[C@]2(C)O)cc1. The molecule has 0 radical (unpaired) electrons. The first-order chi connectivity index (χ1) is 9.23. The summed E-state index contributed by atoms with van der Waals surface area (Å²) in [5, 5.41) is 14.5. The lowest BCUT2D eigenvalue weighted by atomic mass is 9.90. The third-order valence-electron chi connectivity index (χ3n) is 3.55. The van der Waals surface area contributed by atoms with Crippen molar-refractivity contribution in [1.82, 2.24) is 10.2 Å². The lowest BCUT2D eigenvalue weighted by molar-refractivity contribution is -0.0921. The zero-order chi connectivity index (χ0) is 15.0. The highest BCUT2D eigenvalue weighted by atomic mass is 32.1. The zero-order valence-corrected chi connectivity index (χ0v) is 13.3. The van der Waals surface area contributed by atoms with E-state index in [4.69, 9.17) is 17.0 Å². The molecule has 1 atom stereocenters. The Morgan fingerprint density at radius 2 is 1.90 bits per heavy atom. The van der Waals surface area contributed by atoms with E-state index < -0.39 is 5.72 Å². The number of rotatable bonds is 3. The van der Waals surface area contributed by atoms with Crippen LogP contribution in [0.15, 0.2) is 24.3 Å². The predicted molar refractivity (Wildman–Crippen MR) is 83.6 cm³/mol. The summed E-state index contributed by atoms with van der Waals surface area (Å²) in [7, 11) is 1.64. The maximum absolute atomic E-state index is 10.7. The summed E-state index contributed by atoms with van der Waals surface area (Å²) < 4.78 is 5.15. The smallest absolute Gasteiger partial charge is 0.171 e. The summed E-state index contributed by atoms with van der Waals surface area (Å²) in [5.74, 6) is 0.820. The number of hydrogen-bond donors (Lipinski definition) is 2. The number of aliphatic hydroxyl groups is 1. The Morgan fingerprint density at radius 3 is 2.40 bits per heavy atom. The summed E-state index contributed by atoms with van der Waals surface area (Å²) >= 11 is 5.40. The minimum absolute atomic E-state index is 0.197. The van der Waals surface area contributed by atoms with Gasteiger partial charge in [0, 0.05) is 18.5 Å². The van der Waals surface area contributed by atoms with Crippen LogP contribution in [0.25, 0.3) is 0 Å². The van der Waals surface area contributed by atoms with Crippen molar-refractivity contribution in [1.29, 1.82) is 0 Å². The number of thiocarbonyl (C=S) groups is 1. The molecule has 0 aliphatic carbocycles. The maximum Gasteiger partial charge on any atom is 0.171 e. The lowest BCUT2D eigenvalue weighted by Crippen LogP contribution is -2.65. The average Bonchev–Trinajstić information content (AvgIpc) is 2.32. The van der Waals surface area contributed by atoms with Gasteiger partial charge in [-0.15, -0.1) is 0 Å². The van der Waals surface area contributed by atoms with E-state index in [1.54, 1.807) is 7.11 Å². The molecule has 20 heavy (non-hydrogen) atoms. The van der Waals surface area contributed by atoms with E-state index in [0.717, 1.165) is 11.3 Å². The van der Waals surface area contributed by atoms with Crippen molar-refractivity contribution in [2.75, 3.05) is 7.11 Å². The predicted octanol–water partition coefficient (Wildman–Crippen LogP) is 2.26. The molecule has 1 saturated heterocycles. The van der Waals surface area contributed by atoms with Gasteiger partial charge in [0.1, 0.15) is 11.5 Å². The van der Waals surface area contributed by atoms with Crippen molar-refractivity contribution < 1.29 is 9.84 Å². The first-order valence-corrected chi connectivity index (χ1v) is 7.09. The summed E-state index contributed by atoms with van der Waals surface area (Å²) in [6.07, 6.45) is 0.607. The van der Waals surface area contributed by atoms with E-state index in [9.17, 15) is 5.11 Å². The van der Waals surface area contributed by atoms with Crippen LogP contribution < -0.4 is 10.1 Å². The Morgan fingerprint density at radius 1 is 1.30 bits per heavy atom. The van der Waals surface area contributed by atoms with Gasteiger partial charge in [0.05, 0.1) is 7.11 Å².